The summed E-state index contributed by atoms with van der Waals surface area (Å²) in [6, 6.07) is 0.111. The zero-order valence-electron chi connectivity index (χ0n) is 16.1. The molecule has 0 bridgehead atoms. The van der Waals surface area contributed by atoms with Crippen molar-refractivity contribution in [1.82, 2.24) is 4.90 Å². The van der Waals surface area contributed by atoms with Gasteiger partial charge in [-0.3, -0.25) is 9.79 Å². The lowest BCUT2D eigenvalue weighted by Gasteiger charge is -2.33. The van der Waals surface area contributed by atoms with E-state index in [0.717, 1.165) is 43.6 Å². The van der Waals surface area contributed by atoms with E-state index >= 15 is 0 Å². The van der Waals surface area contributed by atoms with Gasteiger partial charge >= 0.3 is 5.97 Å². The molecule has 0 saturated carbocycles. The topological polar surface area (TPSA) is 41.9 Å². The molecular formula is C22H29FN2O2. The number of allylic oxidation sites excluding steroid dienone is 5. The molecule has 4 nitrogen and oxygen atoms in total. The molecule has 1 aliphatic carbocycles. The number of ether oxygens (including phenoxy) is 1. The predicted molar refractivity (Wildman–Crippen MR) is 108 cm³/mol. The van der Waals surface area contributed by atoms with Crippen LogP contribution < -0.4 is 0 Å². The number of amidine groups is 1. The Morgan fingerprint density at radius 2 is 2.26 bits per heavy atom. The number of rotatable bonds is 7. The maximum atomic E-state index is 13.4. The van der Waals surface area contributed by atoms with Crippen LogP contribution in [0.5, 0.6) is 0 Å². The normalized spacial score (nSPS) is 20.4. The van der Waals surface area contributed by atoms with E-state index in [-0.39, 0.29) is 17.8 Å². The van der Waals surface area contributed by atoms with Crippen LogP contribution in [-0.2, 0) is 9.53 Å². The SMILES string of the molecule is C=CC1=CCN=C(CCCCC(=O)OC)N(C2C=CC(F)=CC2)CCC=C1. The monoisotopic (exact) mass is 372 g/mol. The molecule has 2 aliphatic rings. The minimum atomic E-state index is -0.181. The molecule has 1 atom stereocenters. The number of carbonyl (C=O) groups is 1. The molecule has 0 aromatic rings. The second-order valence-electron chi connectivity index (χ2n) is 6.58. The van der Waals surface area contributed by atoms with Gasteiger partial charge in [-0.2, -0.15) is 0 Å². The van der Waals surface area contributed by atoms with Crippen LogP contribution in [0.4, 0.5) is 4.39 Å². The van der Waals surface area contributed by atoms with E-state index < -0.39 is 0 Å². The lowest BCUT2D eigenvalue weighted by molar-refractivity contribution is -0.140. The average Bonchev–Trinajstić information content (AvgIpc) is 2.69. The highest BCUT2D eigenvalue weighted by Crippen LogP contribution is 2.20. The van der Waals surface area contributed by atoms with Crippen LogP contribution in [0.3, 0.4) is 0 Å². The minimum absolute atomic E-state index is 0.111. The summed E-state index contributed by atoms with van der Waals surface area (Å²) in [5, 5.41) is 0. The zero-order chi connectivity index (χ0) is 19.5. The highest BCUT2D eigenvalue weighted by molar-refractivity contribution is 5.83. The van der Waals surface area contributed by atoms with E-state index in [1.54, 1.807) is 6.08 Å². The predicted octanol–water partition coefficient (Wildman–Crippen LogP) is 4.67. The highest BCUT2D eigenvalue weighted by atomic mass is 19.1. The van der Waals surface area contributed by atoms with Gasteiger partial charge in [0.25, 0.3) is 0 Å². The van der Waals surface area contributed by atoms with Gasteiger partial charge in [0.1, 0.15) is 5.83 Å². The molecule has 0 aromatic heterocycles. The van der Waals surface area contributed by atoms with Gasteiger partial charge in [-0.15, -0.1) is 0 Å². The number of esters is 1. The molecule has 1 unspecified atom stereocenters. The number of hydrogen-bond donors (Lipinski definition) is 0. The van der Waals surface area contributed by atoms with Gasteiger partial charge in [-0.05, 0) is 43.4 Å². The summed E-state index contributed by atoms with van der Waals surface area (Å²) >= 11 is 0. The fourth-order valence-corrected chi connectivity index (χ4v) is 3.18. The summed E-state index contributed by atoms with van der Waals surface area (Å²) in [4.78, 5) is 18.4. The first-order chi connectivity index (χ1) is 13.1. The summed E-state index contributed by atoms with van der Waals surface area (Å²) in [6.07, 6.45) is 17.5. The lowest BCUT2D eigenvalue weighted by atomic mass is 10.0. The fraction of sp³-hybridized carbons (Fsp3) is 0.455. The van der Waals surface area contributed by atoms with Gasteiger partial charge in [0, 0.05) is 19.4 Å². The van der Waals surface area contributed by atoms with E-state index in [9.17, 15) is 9.18 Å². The van der Waals surface area contributed by atoms with Crippen LogP contribution >= 0.6 is 0 Å². The van der Waals surface area contributed by atoms with Crippen molar-refractivity contribution >= 4 is 11.8 Å². The Morgan fingerprint density at radius 1 is 1.41 bits per heavy atom. The third-order valence-electron chi connectivity index (χ3n) is 4.71. The molecule has 0 radical (unpaired) electrons. The highest BCUT2D eigenvalue weighted by Gasteiger charge is 2.21. The molecule has 5 heteroatoms. The number of aliphatic imine (C=N–C) groups is 1. The van der Waals surface area contributed by atoms with Crippen LogP contribution in [0.1, 0.15) is 38.5 Å². The Hall–Kier alpha value is -2.43. The molecular weight excluding hydrogens is 343 g/mol. The maximum absolute atomic E-state index is 13.4. The Labute approximate surface area is 161 Å². The number of halogens is 1. The van der Waals surface area contributed by atoms with Crippen LogP contribution in [-0.4, -0.2) is 42.9 Å². The molecule has 0 saturated heterocycles. The molecule has 2 rings (SSSR count). The van der Waals surface area contributed by atoms with Crippen molar-refractivity contribution in [2.24, 2.45) is 4.99 Å². The van der Waals surface area contributed by atoms with Crippen molar-refractivity contribution in [1.29, 1.82) is 0 Å². The molecule has 0 N–H and O–H groups in total. The van der Waals surface area contributed by atoms with Gasteiger partial charge in [-0.25, -0.2) is 4.39 Å². The van der Waals surface area contributed by atoms with Gasteiger partial charge in [0.15, 0.2) is 0 Å². The first-order valence-electron chi connectivity index (χ1n) is 9.54. The largest absolute Gasteiger partial charge is 0.469 e. The smallest absolute Gasteiger partial charge is 0.305 e. The summed E-state index contributed by atoms with van der Waals surface area (Å²) in [5.74, 6) is 0.654. The van der Waals surface area contributed by atoms with Crippen molar-refractivity contribution < 1.29 is 13.9 Å². The van der Waals surface area contributed by atoms with E-state index in [4.69, 9.17) is 9.73 Å². The Bertz CT molecular complexity index is 674. The van der Waals surface area contributed by atoms with Crippen LogP contribution in [0.25, 0.3) is 0 Å². The van der Waals surface area contributed by atoms with Crippen LogP contribution in [0.15, 0.2) is 65.5 Å². The maximum Gasteiger partial charge on any atom is 0.305 e. The number of carbonyl (C=O) groups excluding carboxylic acids is 1. The molecule has 0 spiro atoms. The molecule has 0 fully saturated rings. The van der Waals surface area contributed by atoms with Gasteiger partial charge in [0.05, 0.1) is 25.5 Å². The van der Waals surface area contributed by atoms with E-state index in [1.807, 2.05) is 12.2 Å². The quantitative estimate of drug-likeness (QED) is 0.481. The van der Waals surface area contributed by atoms with Gasteiger partial charge < -0.3 is 9.64 Å². The minimum Gasteiger partial charge on any atom is -0.469 e. The number of hydrogen-bond acceptors (Lipinski definition) is 4. The van der Waals surface area contributed by atoms with E-state index in [0.29, 0.717) is 19.4 Å². The third kappa shape index (κ3) is 7.00. The Kier molecular flexibility index (Phi) is 8.75. The van der Waals surface area contributed by atoms with Crippen molar-refractivity contribution in [3.8, 4) is 0 Å². The van der Waals surface area contributed by atoms with Crippen molar-refractivity contribution in [2.75, 3.05) is 20.2 Å². The second-order valence-corrected chi connectivity index (χ2v) is 6.58. The number of unbranched alkanes of at least 4 members (excludes halogenated alkanes) is 1. The second kappa shape index (κ2) is 11.3. The molecule has 146 valence electrons. The molecule has 0 aromatic carbocycles. The zero-order valence-corrected chi connectivity index (χ0v) is 16.1. The van der Waals surface area contributed by atoms with Crippen molar-refractivity contribution in [2.45, 2.75) is 44.6 Å². The summed E-state index contributed by atoms with van der Waals surface area (Å²) in [5.41, 5.74) is 1.07. The lowest BCUT2D eigenvalue weighted by Crippen LogP contribution is -2.40. The first-order valence-corrected chi connectivity index (χ1v) is 9.54. The number of methoxy groups -OCH3 is 1. The van der Waals surface area contributed by atoms with Crippen LogP contribution in [0, 0.1) is 0 Å². The van der Waals surface area contributed by atoms with E-state index in [2.05, 4.69) is 29.7 Å². The van der Waals surface area contributed by atoms with Crippen LogP contribution in [0.2, 0.25) is 0 Å². The molecule has 0 amide bonds. The summed E-state index contributed by atoms with van der Waals surface area (Å²) < 4.78 is 18.1. The number of nitrogens with zero attached hydrogens (tertiary/aromatic N) is 2. The van der Waals surface area contributed by atoms with E-state index in [1.165, 1.54) is 13.2 Å². The summed E-state index contributed by atoms with van der Waals surface area (Å²) in [6.45, 7) is 5.24. The third-order valence-corrected chi connectivity index (χ3v) is 4.71. The standard InChI is InChI=1S/C22H29FN2O2/c1-3-18-8-6-7-17-25(20-13-11-19(23)12-14-20)21(24-16-15-18)9-4-5-10-22(26)27-2/h3,6,8,11-13,15,20H,1,4-5,7,9-10,14,16-17H2,2H3. The molecule has 1 heterocycles. The molecule has 1 aliphatic heterocycles. The van der Waals surface area contributed by atoms with Gasteiger partial charge in [0.2, 0.25) is 0 Å². The Morgan fingerprint density at radius 3 is 2.96 bits per heavy atom. The Balaban J connectivity index is 2.11. The van der Waals surface area contributed by atoms with Gasteiger partial charge in [-0.1, -0.05) is 37.0 Å². The van der Waals surface area contributed by atoms with Crippen molar-refractivity contribution in [3.63, 3.8) is 0 Å². The average molecular weight is 372 g/mol. The van der Waals surface area contributed by atoms with Crippen molar-refractivity contribution in [3.05, 3.63) is 60.5 Å². The first kappa shape index (κ1) is 20.9. The fourth-order valence-electron chi connectivity index (χ4n) is 3.18. The molecule has 27 heavy (non-hydrogen) atoms. The summed E-state index contributed by atoms with van der Waals surface area (Å²) in [7, 11) is 1.41.